The van der Waals surface area contributed by atoms with Crippen LogP contribution in [0.5, 0.6) is 0 Å². The van der Waals surface area contributed by atoms with Crippen molar-refractivity contribution in [1.82, 2.24) is 10.6 Å². The summed E-state index contributed by atoms with van der Waals surface area (Å²) in [4.78, 5) is 22.5. The van der Waals surface area contributed by atoms with Gasteiger partial charge in [0.15, 0.2) is 0 Å². The predicted octanol–water partition coefficient (Wildman–Crippen LogP) is 0.601. The smallest absolute Gasteiger partial charge is 0.354 e. The Morgan fingerprint density at radius 2 is 2.22 bits per heavy atom. The molecule has 0 aromatic carbocycles. The van der Waals surface area contributed by atoms with Crippen LogP contribution in [0.1, 0.15) is 29.9 Å². The topological polar surface area (TPSA) is 93.8 Å². The summed E-state index contributed by atoms with van der Waals surface area (Å²) < 4.78 is 10.1. The van der Waals surface area contributed by atoms with Crippen molar-refractivity contribution in [3.8, 4) is 0 Å². The third kappa shape index (κ3) is 2.55. The van der Waals surface area contributed by atoms with Gasteiger partial charge in [-0.25, -0.2) is 10.2 Å². The number of hydrogen-bond donors (Lipinski definition) is 1. The number of aromatic nitrogens is 1. The number of esters is 1. The standard InChI is InChI=1S/C11H13N3O4/c1-6-8(7(2)18-14-6)5-17-11(16)9-3-4-10(15)13-12-9/h3-5H2,1-2H3,(H,13,15). The van der Waals surface area contributed by atoms with Crippen LogP contribution < -0.4 is 5.43 Å². The van der Waals surface area contributed by atoms with Crippen LogP contribution in [0, 0.1) is 13.8 Å². The van der Waals surface area contributed by atoms with Crippen molar-refractivity contribution in [2.24, 2.45) is 5.10 Å². The highest BCUT2D eigenvalue weighted by Gasteiger charge is 2.20. The molecule has 0 saturated carbocycles. The molecular weight excluding hydrogens is 238 g/mol. The minimum Gasteiger partial charge on any atom is -0.456 e. The number of aryl methyl sites for hydroxylation is 2. The molecule has 1 aromatic rings. The van der Waals surface area contributed by atoms with Gasteiger partial charge < -0.3 is 9.26 Å². The summed E-state index contributed by atoms with van der Waals surface area (Å²) in [5, 5.41) is 7.42. The maximum atomic E-state index is 11.7. The van der Waals surface area contributed by atoms with Crippen LogP contribution in [0.2, 0.25) is 0 Å². The maximum Gasteiger partial charge on any atom is 0.354 e. The number of hydrogen-bond acceptors (Lipinski definition) is 6. The van der Waals surface area contributed by atoms with Crippen LogP contribution in [0.15, 0.2) is 9.62 Å². The van der Waals surface area contributed by atoms with E-state index in [4.69, 9.17) is 9.26 Å². The van der Waals surface area contributed by atoms with Gasteiger partial charge in [0.05, 0.1) is 11.3 Å². The normalized spacial score (nSPS) is 15.0. The summed E-state index contributed by atoms with van der Waals surface area (Å²) in [5.74, 6) is -0.105. The Hall–Kier alpha value is -2.18. The number of ether oxygens (including phenoxy) is 1. The van der Waals surface area contributed by atoms with Crippen LogP contribution in [0.25, 0.3) is 0 Å². The largest absolute Gasteiger partial charge is 0.456 e. The molecule has 96 valence electrons. The SMILES string of the molecule is Cc1noc(C)c1COC(=O)C1=NNC(=O)CC1. The molecule has 7 nitrogen and oxygen atoms in total. The fourth-order valence-electron chi connectivity index (χ4n) is 1.55. The molecule has 1 N–H and O–H groups in total. The first-order valence-corrected chi connectivity index (χ1v) is 5.52. The average Bonchev–Trinajstić information content (AvgIpc) is 2.67. The van der Waals surface area contributed by atoms with E-state index in [1.807, 2.05) is 0 Å². The number of carbonyl (C=O) groups is 2. The Kier molecular flexibility index (Phi) is 3.40. The van der Waals surface area contributed by atoms with Gasteiger partial charge in [0.2, 0.25) is 5.91 Å². The third-order valence-corrected chi connectivity index (χ3v) is 2.67. The Morgan fingerprint density at radius 1 is 1.44 bits per heavy atom. The second kappa shape index (κ2) is 4.99. The summed E-state index contributed by atoms with van der Waals surface area (Å²) in [6.45, 7) is 3.62. The third-order valence-electron chi connectivity index (χ3n) is 2.67. The molecular formula is C11H13N3O4. The quantitative estimate of drug-likeness (QED) is 0.794. The van der Waals surface area contributed by atoms with E-state index in [1.165, 1.54) is 0 Å². The molecule has 1 aliphatic rings. The zero-order valence-corrected chi connectivity index (χ0v) is 10.1. The monoisotopic (exact) mass is 251 g/mol. The molecule has 0 saturated heterocycles. The van der Waals surface area contributed by atoms with E-state index in [0.29, 0.717) is 17.9 Å². The number of nitrogens with zero attached hydrogens (tertiary/aromatic N) is 2. The molecule has 18 heavy (non-hydrogen) atoms. The number of amides is 1. The fourth-order valence-corrected chi connectivity index (χ4v) is 1.55. The number of nitrogens with one attached hydrogen (secondary N) is 1. The first-order valence-electron chi connectivity index (χ1n) is 5.52. The van der Waals surface area contributed by atoms with Gasteiger partial charge in [0.25, 0.3) is 0 Å². The highest BCUT2D eigenvalue weighted by atomic mass is 16.5. The second-order valence-corrected chi connectivity index (χ2v) is 3.97. The molecule has 0 unspecified atom stereocenters. The van der Waals surface area contributed by atoms with Crippen molar-refractivity contribution in [1.29, 1.82) is 0 Å². The van der Waals surface area contributed by atoms with Crippen molar-refractivity contribution in [3.05, 3.63) is 17.0 Å². The summed E-state index contributed by atoms with van der Waals surface area (Å²) in [6.07, 6.45) is 0.547. The lowest BCUT2D eigenvalue weighted by molar-refractivity contribution is -0.137. The van der Waals surface area contributed by atoms with Gasteiger partial charge in [-0.15, -0.1) is 0 Å². The van der Waals surface area contributed by atoms with Gasteiger partial charge >= 0.3 is 5.97 Å². The molecule has 2 rings (SSSR count). The second-order valence-electron chi connectivity index (χ2n) is 3.97. The van der Waals surface area contributed by atoms with Crippen molar-refractivity contribution in [2.45, 2.75) is 33.3 Å². The van der Waals surface area contributed by atoms with Crippen LogP contribution in [-0.4, -0.2) is 22.7 Å². The molecule has 0 bridgehead atoms. The van der Waals surface area contributed by atoms with Gasteiger partial charge in [0, 0.05) is 12.8 Å². The van der Waals surface area contributed by atoms with Crippen LogP contribution >= 0.6 is 0 Å². The highest BCUT2D eigenvalue weighted by molar-refractivity contribution is 6.37. The van der Waals surface area contributed by atoms with E-state index in [-0.39, 0.29) is 24.6 Å². The molecule has 0 aliphatic carbocycles. The molecule has 1 amide bonds. The number of hydrazone groups is 1. The van der Waals surface area contributed by atoms with Gasteiger partial charge in [-0.2, -0.15) is 5.10 Å². The Morgan fingerprint density at radius 3 is 2.78 bits per heavy atom. The molecule has 7 heteroatoms. The van der Waals surface area contributed by atoms with Crippen LogP contribution in [0.4, 0.5) is 0 Å². The van der Waals surface area contributed by atoms with Gasteiger partial charge in [-0.05, 0) is 13.8 Å². The molecule has 0 spiro atoms. The summed E-state index contributed by atoms with van der Waals surface area (Å²) in [7, 11) is 0. The Bertz CT molecular complexity index is 499. The van der Waals surface area contributed by atoms with E-state index in [9.17, 15) is 9.59 Å². The summed E-state index contributed by atoms with van der Waals surface area (Å²) in [5.41, 5.74) is 3.92. The summed E-state index contributed by atoms with van der Waals surface area (Å²) >= 11 is 0. The first kappa shape index (κ1) is 12.3. The summed E-state index contributed by atoms with van der Waals surface area (Å²) in [6, 6.07) is 0. The van der Waals surface area contributed by atoms with Crippen molar-refractivity contribution >= 4 is 17.6 Å². The van der Waals surface area contributed by atoms with Crippen molar-refractivity contribution in [3.63, 3.8) is 0 Å². The molecule has 1 aliphatic heterocycles. The zero-order chi connectivity index (χ0) is 13.1. The van der Waals surface area contributed by atoms with Gasteiger partial charge in [-0.1, -0.05) is 5.16 Å². The highest BCUT2D eigenvalue weighted by Crippen LogP contribution is 2.13. The molecule has 0 fully saturated rings. The van der Waals surface area contributed by atoms with E-state index in [2.05, 4.69) is 15.7 Å². The molecule has 0 radical (unpaired) electrons. The van der Waals surface area contributed by atoms with Crippen LogP contribution in [-0.2, 0) is 20.9 Å². The van der Waals surface area contributed by atoms with E-state index < -0.39 is 5.97 Å². The minimum atomic E-state index is -0.532. The number of carbonyl (C=O) groups excluding carboxylic acids is 2. The molecule has 2 heterocycles. The van der Waals surface area contributed by atoms with Crippen molar-refractivity contribution in [2.75, 3.05) is 0 Å². The lowest BCUT2D eigenvalue weighted by atomic mass is 10.2. The fraction of sp³-hybridized carbons (Fsp3) is 0.455. The van der Waals surface area contributed by atoms with Crippen LogP contribution in [0.3, 0.4) is 0 Å². The lowest BCUT2D eigenvalue weighted by Gasteiger charge is -2.11. The van der Waals surface area contributed by atoms with Crippen molar-refractivity contribution < 1.29 is 18.8 Å². The van der Waals surface area contributed by atoms with E-state index >= 15 is 0 Å². The van der Waals surface area contributed by atoms with E-state index in [0.717, 1.165) is 5.56 Å². The average molecular weight is 251 g/mol. The maximum absolute atomic E-state index is 11.7. The molecule has 0 atom stereocenters. The molecule has 1 aromatic heterocycles. The van der Waals surface area contributed by atoms with Gasteiger partial charge in [0.1, 0.15) is 18.1 Å². The predicted molar refractivity (Wildman–Crippen MR) is 60.6 cm³/mol. The Balaban J connectivity index is 1.95. The lowest BCUT2D eigenvalue weighted by Crippen LogP contribution is -2.30. The minimum absolute atomic E-state index is 0.0902. The van der Waals surface area contributed by atoms with E-state index in [1.54, 1.807) is 13.8 Å². The van der Waals surface area contributed by atoms with Gasteiger partial charge in [-0.3, -0.25) is 4.79 Å². The zero-order valence-electron chi connectivity index (χ0n) is 10.1. The Labute approximate surface area is 103 Å². The number of rotatable bonds is 3. The first-order chi connectivity index (χ1) is 8.58.